The molecular formula is C15H20ClNO2. The van der Waals surface area contributed by atoms with Crippen molar-refractivity contribution >= 4 is 17.4 Å². The zero-order valence-electron chi connectivity index (χ0n) is 11.5. The van der Waals surface area contributed by atoms with E-state index >= 15 is 0 Å². The number of methoxy groups -OCH3 is 1. The number of carbonyl (C=O) groups is 1. The van der Waals surface area contributed by atoms with Crippen LogP contribution in [0.3, 0.4) is 0 Å². The minimum atomic E-state index is -0.224. The van der Waals surface area contributed by atoms with Crippen molar-refractivity contribution in [1.82, 2.24) is 5.32 Å². The van der Waals surface area contributed by atoms with Crippen LogP contribution in [0.2, 0.25) is 5.02 Å². The van der Waals surface area contributed by atoms with E-state index in [0.29, 0.717) is 11.4 Å². The SMILES string of the molecule is COc1ccc(Cl)cc1CC(=O)C1(C)CCNCC1. The van der Waals surface area contributed by atoms with Crippen LogP contribution in [0.1, 0.15) is 25.3 Å². The summed E-state index contributed by atoms with van der Waals surface area (Å²) in [6, 6.07) is 5.42. The average Bonchev–Trinajstić information content (AvgIpc) is 2.40. The Bertz CT molecular complexity index is 467. The normalized spacial score (nSPS) is 18.1. The predicted molar refractivity (Wildman–Crippen MR) is 76.9 cm³/mol. The van der Waals surface area contributed by atoms with Crippen LogP contribution in [-0.4, -0.2) is 26.0 Å². The maximum Gasteiger partial charge on any atom is 0.143 e. The molecule has 3 nitrogen and oxygen atoms in total. The van der Waals surface area contributed by atoms with Gasteiger partial charge in [-0.25, -0.2) is 0 Å². The lowest BCUT2D eigenvalue weighted by Crippen LogP contribution is -2.40. The minimum absolute atomic E-state index is 0.224. The van der Waals surface area contributed by atoms with Crippen LogP contribution in [0.15, 0.2) is 18.2 Å². The van der Waals surface area contributed by atoms with Gasteiger partial charge >= 0.3 is 0 Å². The molecule has 0 atom stereocenters. The van der Waals surface area contributed by atoms with Gasteiger partial charge in [0.1, 0.15) is 11.5 Å². The van der Waals surface area contributed by atoms with Gasteiger partial charge in [-0.3, -0.25) is 4.79 Å². The average molecular weight is 282 g/mol. The third-order valence-corrected chi connectivity index (χ3v) is 4.21. The molecule has 4 heteroatoms. The van der Waals surface area contributed by atoms with Crippen molar-refractivity contribution in [1.29, 1.82) is 0 Å². The van der Waals surface area contributed by atoms with Crippen LogP contribution >= 0.6 is 11.6 Å². The van der Waals surface area contributed by atoms with Crippen LogP contribution in [0.25, 0.3) is 0 Å². The van der Waals surface area contributed by atoms with Crippen LogP contribution in [-0.2, 0) is 11.2 Å². The molecule has 0 saturated carbocycles. The maximum absolute atomic E-state index is 12.5. The molecule has 1 fully saturated rings. The molecule has 0 bridgehead atoms. The van der Waals surface area contributed by atoms with Crippen molar-refractivity contribution in [2.24, 2.45) is 5.41 Å². The maximum atomic E-state index is 12.5. The molecule has 1 aromatic carbocycles. The minimum Gasteiger partial charge on any atom is -0.496 e. The van der Waals surface area contributed by atoms with Gasteiger partial charge in [-0.1, -0.05) is 18.5 Å². The molecule has 0 spiro atoms. The molecule has 0 aromatic heterocycles. The monoisotopic (exact) mass is 281 g/mol. The van der Waals surface area contributed by atoms with E-state index in [9.17, 15) is 4.79 Å². The Hall–Kier alpha value is -1.06. The molecular weight excluding hydrogens is 262 g/mol. The second-order valence-corrected chi connectivity index (χ2v) is 5.80. The number of hydrogen-bond donors (Lipinski definition) is 1. The lowest BCUT2D eigenvalue weighted by atomic mass is 9.75. The molecule has 1 aromatic rings. The number of nitrogens with one attached hydrogen (secondary N) is 1. The van der Waals surface area contributed by atoms with E-state index in [4.69, 9.17) is 16.3 Å². The second kappa shape index (κ2) is 5.93. The number of ether oxygens (including phenoxy) is 1. The van der Waals surface area contributed by atoms with Gasteiger partial charge in [-0.05, 0) is 44.1 Å². The molecule has 1 aliphatic rings. The molecule has 1 heterocycles. The van der Waals surface area contributed by atoms with E-state index in [0.717, 1.165) is 37.2 Å². The molecule has 1 N–H and O–H groups in total. The molecule has 0 unspecified atom stereocenters. The first-order valence-corrected chi connectivity index (χ1v) is 6.99. The molecule has 2 rings (SSSR count). The Morgan fingerprint density at radius 2 is 2.11 bits per heavy atom. The van der Waals surface area contributed by atoms with Gasteiger partial charge in [-0.2, -0.15) is 0 Å². The fourth-order valence-corrected chi connectivity index (χ4v) is 2.72. The molecule has 0 amide bonds. The summed E-state index contributed by atoms with van der Waals surface area (Å²) in [4.78, 5) is 12.5. The fourth-order valence-electron chi connectivity index (χ4n) is 2.53. The van der Waals surface area contributed by atoms with E-state index in [1.54, 1.807) is 13.2 Å². The molecule has 104 valence electrons. The fraction of sp³-hybridized carbons (Fsp3) is 0.533. The Kier molecular flexibility index (Phi) is 4.48. The first-order valence-electron chi connectivity index (χ1n) is 6.61. The van der Waals surface area contributed by atoms with Crippen LogP contribution < -0.4 is 10.1 Å². The van der Waals surface area contributed by atoms with E-state index in [1.807, 2.05) is 12.1 Å². The van der Waals surface area contributed by atoms with Gasteiger partial charge in [0.25, 0.3) is 0 Å². The lowest BCUT2D eigenvalue weighted by Gasteiger charge is -2.32. The summed E-state index contributed by atoms with van der Waals surface area (Å²) in [6.07, 6.45) is 2.18. The number of piperidine rings is 1. The molecule has 19 heavy (non-hydrogen) atoms. The third kappa shape index (κ3) is 3.28. The van der Waals surface area contributed by atoms with E-state index < -0.39 is 0 Å². The van der Waals surface area contributed by atoms with Crippen molar-refractivity contribution < 1.29 is 9.53 Å². The van der Waals surface area contributed by atoms with Crippen molar-refractivity contribution in [2.45, 2.75) is 26.2 Å². The summed E-state index contributed by atoms with van der Waals surface area (Å²) in [5.74, 6) is 1.00. The smallest absolute Gasteiger partial charge is 0.143 e. The summed E-state index contributed by atoms with van der Waals surface area (Å²) < 4.78 is 5.30. The molecule has 0 aliphatic carbocycles. The van der Waals surface area contributed by atoms with Gasteiger partial charge in [0.15, 0.2) is 0 Å². The zero-order chi connectivity index (χ0) is 13.9. The van der Waals surface area contributed by atoms with E-state index in [-0.39, 0.29) is 11.2 Å². The standard InChI is InChI=1S/C15H20ClNO2/c1-15(5-7-17-8-6-15)14(18)10-11-9-12(16)3-4-13(11)19-2/h3-4,9,17H,5-8,10H2,1-2H3. The number of benzene rings is 1. The first-order chi connectivity index (χ1) is 9.05. The van der Waals surface area contributed by atoms with Gasteiger partial charge in [-0.15, -0.1) is 0 Å². The molecule has 1 aliphatic heterocycles. The Labute approximate surface area is 119 Å². The summed E-state index contributed by atoms with van der Waals surface area (Å²) in [6.45, 7) is 3.89. The summed E-state index contributed by atoms with van der Waals surface area (Å²) in [7, 11) is 1.61. The quantitative estimate of drug-likeness (QED) is 0.922. The van der Waals surface area contributed by atoms with Crippen molar-refractivity contribution in [3.8, 4) is 5.75 Å². The third-order valence-electron chi connectivity index (χ3n) is 3.97. The number of Topliss-reactive ketones (excluding diaryl/α,β-unsaturated/α-hetero) is 1. The number of rotatable bonds is 4. The second-order valence-electron chi connectivity index (χ2n) is 5.37. The lowest BCUT2D eigenvalue weighted by molar-refractivity contribution is -0.128. The van der Waals surface area contributed by atoms with Gasteiger partial charge in [0.2, 0.25) is 0 Å². The number of carbonyl (C=O) groups excluding carboxylic acids is 1. The number of halogens is 1. The topological polar surface area (TPSA) is 38.3 Å². The molecule has 0 radical (unpaired) electrons. The van der Waals surface area contributed by atoms with Crippen LogP contribution in [0.5, 0.6) is 5.75 Å². The summed E-state index contributed by atoms with van der Waals surface area (Å²) in [5.41, 5.74) is 0.651. The Balaban J connectivity index is 2.16. The highest BCUT2D eigenvalue weighted by molar-refractivity contribution is 6.30. The predicted octanol–water partition coefficient (Wildman–Crippen LogP) is 2.85. The zero-order valence-corrected chi connectivity index (χ0v) is 12.2. The highest BCUT2D eigenvalue weighted by atomic mass is 35.5. The van der Waals surface area contributed by atoms with E-state index in [2.05, 4.69) is 12.2 Å². The summed E-state index contributed by atoms with van der Waals surface area (Å²) >= 11 is 6.00. The van der Waals surface area contributed by atoms with Gasteiger partial charge < -0.3 is 10.1 Å². The van der Waals surface area contributed by atoms with Gasteiger partial charge in [0, 0.05) is 22.4 Å². The van der Waals surface area contributed by atoms with Crippen LogP contribution in [0, 0.1) is 5.41 Å². The number of hydrogen-bond acceptors (Lipinski definition) is 3. The van der Waals surface area contributed by atoms with Gasteiger partial charge in [0.05, 0.1) is 7.11 Å². The van der Waals surface area contributed by atoms with E-state index in [1.165, 1.54) is 0 Å². The number of ketones is 1. The molecule has 1 saturated heterocycles. The van der Waals surface area contributed by atoms with Crippen molar-refractivity contribution in [3.63, 3.8) is 0 Å². The first kappa shape index (κ1) is 14.4. The Morgan fingerprint density at radius 1 is 1.42 bits per heavy atom. The Morgan fingerprint density at radius 3 is 2.74 bits per heavy atom. The summed E-state index contributed by atoms with van der Waals surface area (Å²) in [5, 5.41) is 3.93. The largest absolute Gasteiger partial charge is 0.496 e. The highest BCUT2D eigenvalue weighted by Crippen LogP contribution is 2.32. The van der Waals surface area contributed by atoms with Crippen LogP contribution in [0.4, 0.5) is 0 Å². The highest BCUT2D eigenvalue weighted by Gasteiger charge is 2.34. The van der Waals surface area contributed by atoms with Crippen molar-refractivity contribution in [3.05, 3.63) is 28.8 Å². The van der Waals surface area contributed by atoms with Crippen molar-refractivity contribution in [2.75, 3.05) is 20.2 Å².